The van der Waals surface area contributed by atoms with Crippen molar-refractivity contribution in [2.75, 3.05) is 18.5 Å². The number of carbonyl (C=O) groups excluding carboxylic acids is 3. The molecular weight excluding hydrogens is 511 g/mol. The third-order valence-corrected chi connectivity index (χ3v) is 7.42. The van der Waals surface area contributed by atoms with Crippen LogP contribution >= 0.6 is 11.3 Å². The molecule has 12 heteroatoms. The van der Waals surface area contributed by atoms with Crippen LogP contribution in [-0.2, 0) is 29.1 Å². The minimum Gasteiger partial charge on any atom is -0.462 e. The predicted molar refractivity (Wildman–Crippen MR) is 131 cm³/mol. The molecule has 1 heterocycles. The molecule has 1 atom stereocenters. The van der Waals surface area contributed by atoms with Crippen LogP contribution in [0.5, 0.6) is 0 Å². The van der Waals surface area contributed by atoms with Crippen LogP contribution < -0.4 is 10.0 Å². The molecule has 3 aromatic rings. The number of ether oxygens (including phenoxy) is 2. The summed E-state index contributed by atoms with van der Waals surface area (Å²) < 4.78 is 50.5. The molecule has 0 aliphatic heterocycles. The van der Waals surface area contributed by atoms with Gasteiger partial charge in [0.05, 0.1) is 12.3 Å². The normalized spacial score (nSPS) is 12.0. The molecule has 36 heavy (non-hydrogen) atoms. The van der Waals surface area contributed by atoms with Crippen LogP contribution in [0.1, 0.15) is 23.5 Å². The summed E-state index contributed by atoms with van der Waals surface area (Å²) >= 11 is 1.13. The molecule has 190 valence electrons. The van der Waals surface area contributed by atoms with Gasteiger partial charge in [0.2, 0.25) is 10.0 Å². The van der Waals surface area contributed by atoms with Gasteiger partial charge < -0.3 is 14.8 Å². The number of esters is 2. The highest BCUT2D eigenvalue weighted by molar-refractivity contribution is 7.89. The smallest absolute Gasteiger partial charge is 0.350 e. The van der Waals surface area contributed by atoms with E-state index in [-0.39, 0.29) is 17.2 Å². The fourth-order valence-corrected chi connectivity index (χ4v) is 5.32. The van der Waals surface area contributed by atoms with Gasteiger partial charge in [0.1, 0.15) is 21.6 Å². The third-order valence-electron chi connectivity index (χ3n) is 4.68. The molecule has 0 aliphatic carbocycles. The van der Waals surface area contributed by atoms with Crippen LogP contribution in [0.2, 0.25) is 0 Å². The summed E-state index contributed by atoms with van der Waals surface area (Å²) in [5.41, 5.74) is 1.02. The van der Waals surface area contributed by atoms with E-state index >= 15 is 0 Å². The lowest BCUT2D eigenvalue weighted by molar-refractivity contribution is -0.148. The Morgan fingerprint density at radius 1 is 1.03 bits per heavy atom. The Bertz CT molecular complexity index is 1360. The molecule has 0 saturated heterocycles. The van der Waals surface area contributed by atoms with Gasteiger partial charge >= 0.3 is 11.9 Å². The molecule has 0 aliphatic rings. The molecule has 2 aromatic carbocycles. The Hall–Kier alpha value is -3.61. The lowest BCUT2D eigenvalue weighted by atomic mass is 10.2. The lowest BCUT2D eigenvalue weighted by Gasteiger charge is -2.14. The van der Waals surface area contributed by atoms with Gasteiger partial charge in [0.15, 0.2) is 6.61 Å². The highest BCUT2D eigenvalue weighted by atomic mass is 32.2. The average Bonchev–Trinajstić information content (AvgIpc) is 3.27. The van der Waals surface area contributed by atoms with E-state index in [2.05, 4.69) is 5.32 Å². The van der Waals surface area contributed by atoms with Gasteiger partial charge in [0, 0.05) is 4.88 Å². The monoisotopic (exact) mass is 534 g/mol. The Kier molecular flexibility index (Phi) is 8.91. The van der Waals surface area contributed by atoms with E-state index in [0.717, 1.165) is 29.0 Å². The average molecular weight is 535 g/mol. The number of amides is 1. The van der Waals surface area contributed by atoms with Crippen molar-refractivity contribution in [3.8, 4) is 10.4 Å². The maximum atomic E-state index is 13.8. The van der Waals surface area contributed by atoms with E-state index in [1.807, 2.05) is 35.1 Å². The maximum Gasteiger partial charge on any atom is 0.350 e. The zero-order chi connectivity index (χ0) is 26.3. The van der Waals surface area contributed by atoms with E-state index in [0.29, 0.717) is 4.88 Å². The quantitative estimate of drug-likeness (QED) is 0.381. The molecule has 0 fully saturated rings. The first kappa shape index (κ1) is 27.0. The number of thiophene rings is 1. The van der Waals surface area contributed by atoms with Crippen molar-refractivity contribution in [3.05, 3.63) is 71.4 Å². The zero-order valence-electron chi connectivity index (χ0n) is 19.3. The Labute approximate surface area is 211 Å². The molecular formula is C24H23FN2O7S2. The van der Waals surface area contributed by atoms with Crippen LogP contribution in [0.15, 0.2) is 65.6 Å². The van der Waals surface area contributed by atoms with Gasteiger partial charge in [-0.05, 0) is 37.6 Å². The first-order valence-electron chi connectivity index (χ1n) is 10.7. The van der Waals surface area contributed by atoms with Gasteiger partial charge in [-0.15, -0.1) is 11.3 Å². The van der Waals surface area contributed by atoms with Crippen molar-refractivity contribution in [3.63, 3.8) is 0 Å². The van der Waals surface area contributed by atoms with Gasteiger partial charge in [-0.3, -0.25) is 9.59 Å². The topological polar surface area (TPSA) is 128 Å². The third kappa shape index (κ3) is 6.74. The van der Waals surface area contributed by atoms with Crippen molar-refractivity contribution in [2.45, 2.75) is 24.8 Å². The Morgan fingerprint density at radius 3 is 2.36 bits per heavy atom. The van der Waals surface area contributed by atoms with Crippen molar-refractivity contribution in [1.82, 2.24) is 4.72 Å². The van der Waals surface area contributed by atoms with Crippen LogP contribution in [0, 0.1) is 5.82 Å². The summed E-state index contributed by atoms with van der Waals surface area (Å²) in [5, 5.41) is 2.52. The minimum absolute atomic E-state index is 0.142. The summed E-state index contributed by atoms with van der Waals surface area (Å²) in [6.45, 7) is 2.25. The second-order valence-electron chi connectivity index (χ2n) is 7.37. The number of nitrogens with one attached hydrogen (secondary N) is 2. The van der Waals surface area contributed by atoms with Gasteiger partial charge in [-0.2, -0.15) is 4.72 Å². The van der Waals surface area contributed by atoms with Gasteiger partial charge in [-0.1, -0.05) is 42.5 Å². The molecule has 3 rings (SSSR count). The second kappa shape index (κ2) is 11.9. The number of anilines is 1. The first-order chi connectivity index (χ1) is 17.1. The van der Waals surface area contributed by atoms with Crippen molar-refractivity contribution < 1.29 is 36.7 Å². The molecule has 0 radical (unpaired) electrons. The van der Waals surface area contributed by atoms with Crippen LogP contribution in [-0.4, -0.2) is 45.5 Å². The molecule has 9 nitrogen and oxygen atoms in total. The van der Waals surface area contributed by atoms with E-state index in [1.165, 1.54) is 19.1 Å². The summed E-state index contributed by atoms with van der Waals surface area (Å²) in [7, 11) is -4.34. The summed E-state index contributed by atoms with van der Waals surface area (Å²) in [5.74, 6) is -3.40. The summed E-state index contributed by atoms with van der Waals surface area (Å²) in [6, 6.07) is 14.1. The van der Waals surface area contributed by atoms with E-state index in [4.69, 9.17) is 9.47 Å². The minimum atomic E-state index is -4.34. The summed E-state index contributed by atoms with van der Waals surface area (Å²) in [4.78, 5) is 37.3. The zero-order valence-corrected chi connectivity index (χ0v) is 21.0. The molecule has 1 aromatic heterocycles. The molecule has 0 saturated carbocycles. The van der Waals surface area contributed by atoms with E-state index < -0.39 is 51.2 Å². The molecule has 1 amide bonds. The predicted octanol–water partition coefficient (Wildman–Crippen LogP) is 3.58. The standard InChI is InChI=1S/C24H23FN2O7S2/c1-3-33-24(30)22-18(13-19(35-22)16-9-5-4-6-10-16)26-21(28)14-34-23(29)15(2)27-36(31,32)20-12-8-7-11-17(20)25/h4-13,15,27H,3,14H2,1-2H3,(H,26,28). The maximum absolute atomic E-state index is 13.8. The SMILES string of the molecule is CCOC(=O)c1sc(-c2ccccc2)cc1NC(=O)COC(=O)C(C)NS(=O)(=O)c1ccccc1F. The number of carbonyl (C=O) groups is 3. The number of halogens is 1. The molecule has 2 N–H and O–H groups in total. The van der Waals surface area contributed by atoms with Crippen LogP contribution in [0.4, 0.5) is 10.1 Å². The number of benzene rings is 2. The fraction of sp³-hybridized carbons (Fsp3) is 0.208. The first-order valence-corrected chi connectivity index (χ1v) is 13.0. The fourth-order valence-electron chi connectivity index (χ4n) is 3.03. The molecule has 0 bridgehead atoms. The number of sulfonamides is 1. The number of hydrogen-bond acceptors (Lipinski definition) is 8. The lowest BCUT2D eigenvalue weighted by Crippen LogP contribution is -2.40. The number of hydrogen-bond donors (Lipinski definition) is 2. The largest absolute Gasteiger partial charge is 0.462 e. The van der Waals surface area contributed by atoms with Crippen molar-refractivity contribution >= 4 is 44.9 Å². The Balaban J connectivity index is 1.65. The molecule has 0 spiro atoms. The van der Waals surface area contributed by atoms with Gasteiger partial charge in [0.25, 0.3) is 5.91 Å². The molecule has 1 unspecified atom stereocenters. The highest BCUT2D eigenvalue weighted by Crippen LogP contribution is 2.35. The summed E-state index contributed by atoms with van der Waals surface area (Å²) in [6.07, 6.45) is 0. The van der Waals surface area contributed by atoms with Crippen molar-refractivity contribution in [1.29, 1.82) is 0 Å². The van der Waals surface area contributed by atoms with E-state index in [9.17, 15) is 27.2 Å². The van der Waals surface area contributed by atoms with Crippen LogP contribution in [0.25, 0.3) is 10.4 Å². The Morgan fingerprint density at radius 2 is 1.69 bits per heavy atom. The van der Waals surface area contributed by atoms with Crippen LogP contribution in [0.3, 0.4) is 0 Å². The highest BCUT2D eigenvalue weighted by Gasteiger charge is 2.26. The van der Waals surface area contributed by atoms with Gasteiger partial charge in [-0.25, -0.2) is 17.6 Å². The number of rotatable bonds is 10. The second-order valence-corrected chi connectivity index (χ2v) is 10.1. The van der Waals surface area contributed by atoms with Crippen molar-refractivity contribution in [2.24, 2.45) is 0 Å². The van der Waals surface area contributed by atoms with E-state index in [1.54, 1.807) is 13.0 Å².